The number of nitrogens with zero attached hydrogens (tertiary/aromatic N) is 3. The van der Waals surface area contributed by atoms with Gasteiger partial charge in [0.05, 0.1) is 12.4 Å². The number of anilines is 2. The highest BCUT2D eigenvalue weighted by atomic mass is 15.2. The zero-order valence-corrected chi connectivity index (χ0v) is 10.8. The van der Waals surface area contributed by atoms with E-state index >= 15 is 0 Å². The fourth-order valence-electron chi connectivity index (χ4n) is 2.27. The maximum atomic E-state index is 4.61. The summed E-state index contributed by atoms with van der Waals surface area (Å²) in [4.78, 5) is 11.2. The van der Waals surface area contributed by atoms with E-state index in [1.54, 1.807) is 6.20 Å². The summed E-state index contributed by atoms with van der Waals surface area (Å²) in [6.07, 6.45) is 7.50. The lowest BCUT2D eigenvalue weighted by Gasteiger charge is -2.21. The summed E-state index contributed by atoms with van der Waals surface area (Å²) >= 11 is 0. The van der Waals surface area contributed by atoms with Gasteiger partial charge in [0.2, 0.25) is 0 Å². The van der Waals surface area contributed by atoms with E-state index < -0.39 is 0 Å². The van der Waals surface area contributed by atoms with Gasteiger partial charge in [-0.25, -0.2) is 4.98 Å². The molecule has 1 aromatic rings. The van der Waals surface area contributed by atoms with Crippen molar-refractivity contribution < 1.29 is 0 Å². The van der Waals surface area contributed by atoms with Gasteiger partial charge in [-0.2, -0.15) is 0 Å². The molecule has 4 nitrogen and oxygen atoms in total. The summed E-state index contributed by atoms with van der Waals surface area (Å²) in [5, 5.41) is 3.21. The first-order valence-electron chi connectivity index (χ1n) is 6.60. The summed E-state index contributed by atoms with van der Waals surface area (Å²) in [6, 6.07) is 0. The minimum Gasteiger partial charge on any atom is -0.369 e. The average molecular weight is 234 g/mol. The fourth-order valence-corrected chi connectivity index (χ4v) is 2.27. The maximum Gasteiger partial charge on any atom is 0.149 e. The second kappa shape index (κ2) is 5.84. The number of rotatable bonds is 3. The normalized spacial score (nSPS) is 21.1. The van der Waals surface area contributed by atoms with E-state index in [1.165, 1.54) is 19.3 Å². The van der Waals surface area contributed by atoms with Gasteiger partial charge in [-0.05, 0) is 32.1 Å². The Kier molecular flexibility index (Phi) is 4.18. The molecule has 0 aliphatic carbocycles. The molecule has 0 amide bonds. The molecule has 4 heteroatoms. The predicted octanol–water partition coefficient (Wildman–Crippen LogP) is 2.53. The van der Waals surface area contributed by atoms with E-state index in [9.17, 15) is 0 Å². The molecule has 0 spiro atoms. The van der Waals surface area contributed by atoms with Crippen molar-refractivity contribution in [1.29, 1.82) is 0 Å². The van der Waals surface area contributed by atoms with Crippen LogP contribution in [0, 0.1) is 5.92 Å². The topological polar surface area (TPSA) is 41.1 Å². The smallest absolute Gasteiger partial charge is 0.149 e. The van der Waals surface area contributed by atoms with Crippen LogP contribution in [0.2, 0.25) is 0 Å². The van der Waals surface area contributed by atoms with Gasteiger partial charge in [0.25, 0.3) is 0 Å². The number of hydrogen-bond donors (Lipinski definition) is 1. The Morgan fingerprint density at radius 3 is 3.06 bits per heavy atom. The minimum absolute atomic E-state index is 0.838. The van der Waals surface area contributed by atoms with Crippen molar-refractivity contribution in [2.75, 3.05) is 29.9 Å². The molecule has 1 saturated heterocycles. The molecular formula is C13H22N4. The molecule has 1 unspecified atom stereocenters. The fraction of sp³-hybridized carbons (Fsp3) is 0.692. The zero-order valence-electron chi connectivity index (χ0n) is 10.8. The summed E-state index contributed by atoms with van der Waals surface area (Å²) < 4.78 is 0. The second-order valence-electron chi connectivity index (χ2n) is 4.82. The van der Waals surface area contributed by atoms with E-state index in [2.05, 4.69) is 34.0 Å². The van der Waals surface area contributed by atoms with Crippen molar-refractivity contribution in [2.24, 2.45) is 5.92 Å². The first-order chi connectivity index (χ1) is 8.29. The highest BCUT2D eigenvalue weighted by molar-refractivity contribution is 5.43. The van der Waals surface area contributed by atoms with Crippen LogP contribution in [0.5, 0.6) is 0 Å². The molecule has 1 aromatic heterocycles. The molecule has 1 atom stereocenters. The average Bonchev–Trinajstić information content (AvgIpc) is 2.55. The molecule has 2 heterocycles. The summed E-state index contributed by atoms with van der Waals surface area (Å²) in [7, 11) is 0. The molecule has 1 N–H and O–H groups in total. The lowest BCUT2D eigenvalue weighted by Crippen LogP contribution is -2.25. The first-order valence-corrected chi connectivity index (χ1v) is 6.60. The molecule has 1 aliphatic rings. The van der Waals surface area contributed by atoms with Gasteiger partial charge in [0.1, 0.15) is 11.6 Å². The molecule has 17 heavy (non-hydrogen) atoms. The molecule has 0 bridgehead atoms. The van der Waals surface area contributed by atoms with E-state index in [-0.39, 0.29) is 0 Å². The third kappa shape index (κ3) is 3.32. The van der Waals surface area contributed by atoms with Crippen molar-refractivity contribution in [3.8, 4) is 0 Å². The van der Waals surface area contributed by atoms with Gasteiger partial charge in [0.15, 0.2) is 0 Å². The molecule has 1 aliphatic heterocycles. The first kappa shape index (κ1) is 12.1. The van der Waals surface area contributed by atoms with Crippen LogP contribution in [0.25, 0.3) is 0 Å². The van der Waals surface area contributed by atoms with Crippen LogP contribution in [0.4, 0.5) is 11.6 Å². The Morgan fingerprint density at radius 1 is 1.35 bits per heavy atom. The second-order valence-corrected chi connectivity index (χ2v) is 4.82. The van der Waals surface area contributed by atoms with Gasteiger partial charge in [-0.3, -0.25) is 4.98 Å². The maximum absolute atomic E-state index is 4.61. The lowest BCUT2D eigenvalue weighted by atomic mass is 10.0. The molecular weight excluding hydrogens is 212 g/mol. The molecule has 1 fully saturated rings. The Morgan fingerprint density at radius 2 is 2.24 bits per heavy atom. The highest BCUT2D eigenvalue weighted by Gasteiger charge is 2.15. The minimum atomic E-state index is 0.838. The number of hydrogen-bond acceptors (Lipinski definition) is 4. The van der Waals surface area contributed by atoms with Crippen LogP contribution in [-0.4, -0.2) is 29.6 Å². The summed E-state index contributed by atoms with van der Waals surface area (Å²) in [6.45, 7) is 7.50. The van der Waals surface area contributed by atoms with Crippen molar-refractivity contribution in [3.05, 3.63) is 12.4 Å². The van der Waals surface area contributed by atoms with E-state index in [0.29, 0.717) is 0 Å². The SMILES string of the molecule is CCNc1cncc(N2CCCC(C)CC2)n1. The van der Waals surface area contributed by atoms with Crippen molar-refractivity contribution in [3.63, 3.8) is 0 Å². The van der Waals surface area contributed by atoms with E-state index in [1.807, 2.05) is 6.20 Å². The van der Waals surface area contributed by atoms with E-state index in [4.69, 9.17) is 0 Å². The van der Waals surface area contributed by atoms with E-state index in [0.717, 1.165) is 37.2 Å². The van der Waals surface area contributed by atoms with Gasteiger partial charge >= 0.3 is 0 Å². The summed E-state index contributed by atoms with van der Waals surface area (Å²) in [5.74, 6) is 2.73. The van der Waals surface area contributed by atoms with Crippen LogP contribution < -0.4 is 10.2 Å². The zero-order chi connectivity index (χ0) is 12.1. The third-order valence-corrected chi connectivity index (χ3v) is 3.32. The Balaban J connectivity index is 2.07. The van der Waals surface area contributed by atoms with Gasteiger partial charge in [-0.15, -0.1) is 0 Å². The van der Waals surface area contributed by atoms with Crippen LogP contribution >= 0.6 is 0 Å². The van der Waals surface area contributed by atoms with Crippen LogP contribution in [-0.2, 0) is 0 Å². The Labute approximate surface area is 103 Å². The largest absolute Gasteiger partial charge is 0.369 e. The molecule has 0 saturated carbocycles. The standard InChI is InChI=1S/C13H22N4/c1-3-15-12-9-14-10-13(16-12)17-7-4-5-11(2)6-8-17/h9-11H,3-8H2,1-2H3,(H,15,16). The van der Waals surface area contributed by atoms with Crippen molar-refractivity contribution >= 4 is 11.6 Å². The Hall–Kier alpha value is -1.32. The monoisotopic (exact) mass is 234 g/mol. The predicted molar refractivity (Wildman–Crippen MR) is 71.4 cm³/mol. The summed E-state index contributed by atoms with van der Waals surface area (Å²) in [5.41, 5.74) is 0. The van der Waals surface area contributed by atoms with Crippen LogP contribution in [0.3, 0.4) is 0 Å². The van der Waals surface area contributed by atoms with Crippen LogP contribution in [0.15, 0.2) is 12.4 Å². The van der Waals surface area contributed by atoms with Crippen molar-refractivity contribution in [1.82, 2.24) is 9.97 Å². The molecule has 0 aromatic carbocycles. The molecule has 0 radical (unpaired) electrons. The van der Waals surface area contributed by atoms with Crippen LogP contribution in [0.1, 0.15) is 33.1 Å². The number of aromatic nitrogens is 2. The number of nitrogens with one attached hydrogen (secondary N) is 1. The third-order valence-electron chi connectivity index (χ3n) is 3.32. The van der Waals surface area contributed by atoms with Crippen molar-refractivity contribution in [2.45, 2.75) is 33.1 Å². The van der Waals surface area contributed by atoms with Gasteiger partial charge in [-0.1, -0.05) is 6.92 Å². The molecule has 94 valence electrons. The molecule has 2 rings (SSSR count). The van der Waals surface area contributed by atoms with Gasteiger partial charge in [0, 0.05) is 19.6 Å². The van der Waals surface area contributed by atoms with Gasteiger partial charge < -0.3 is 10.2 Å². The quantitative estimate of drug-likeness (QED) is 0.872. The highest BCUT2D eigenvalue weighted by Crippen LogP contribution is 2.21. The lowest BCUT2D eigenvalue weighted by molar-refractivity contribution is 0.521. The Bertz CT molecular complexity index is 353.